The van der Waals surface area contributed by atoms with Gasteiger partial charge in [0.15, 0.2) is 5.82 Å². The molecule has 104 valence electrons. The van der Waals surface area contributed by atoms with E-state index in [1.54, 1.807) is 24.4 Å². The van der Waals surface area contributed by atoms with E-state index in [2.05, 4.69) is 10.3 Å². The summed E-state index contributed by atoms with van der Waals surface area (Å²) in [6, 6.07) is 13.3. The van der Waals surface area contributed by atoms with Crippen LogP contribution in [-0.2, 0) is 0 Å². The van der Waals surface area contributed by atoms with Crippen LogP contribution in [0.2, 0.25) is 5.02 Å². The zero-order valence-corrected chi connectivity index (χ0v) is 11.6. The van der Waals surface area contributed by atoms with Gasteiger partial charge in [-0.2, -0.15) is 0 Å². The van der Waals surface area contributed by atoms with E-state index in [1.807, 2.05) is 18.2 Å². The number of carbonyl (C=O) groups excluding carboxylic acids is 1. The van der Waals surface area contributed by atoms with Crippen molar-refractivity contribution in [3.63, 3.8) is 0 Å². The highest BCUT2D eigenvalue weighted by Gasteiger charge is 2.13. The Hall–Kier alpha value is -2.46. The molecule has 5 heteroatoms. The maximum absolute atomic E-state index is 13.8. The van der Waals surface area contributed by atoms with E-state index in [9.17, 15) is 9.18 Å². The lowest BCUT2D eigenvalue weighted by atomic mass is 10.1. The predicted molar refractivity (Wildman–Crippen MR) is 81.1 cm³/mol. The number of carbonyl (C=O) groups is 1. The van der Waals surface area contributed by atoms with Crippen molar-refractivity contribution in [1.82, 2.24) is 4.98 Å². The van der Waals surface area contributed by atoms with Gasteiger partial charge in [-0.25, -0.2) is 4.39 Å². The smallest absolute Gasteiger partial charge is 0.256 e. The molecule has 1 amide bonds. The number of hydrogen-bond acceptors (Lipinski definition) is 2. The number of pyridine rings is 1. The first kappa shape index (κ1) is 13.5. The summed E-state index contributed by atoms with van der Waals surface area (Å²) in [6.07, 6.45) is 1.55. The monoisotopic (exact) mass is 300 g/mol. The number of halogens is 2. The van der Waals surface area contributed by atoms with Crippen LogP contribution in [0.25, 0.3) is 10.9 Å². The van der Waals surface area contributed by atoms with Crippen LogP contribution in [0.4, 0.5) is 10.1 Å². The van der Waals surface area contributed by atoms with Crippen molar-refractivity contribution in [1.29, 1.82) is 0 Å². The summed E-state index contributed by atoms with van der Waals surface area (Å²) >= 11 is 5.70. The molecule has 1 aromatic heterocycles. The Bertz CT molecular complexity index is 830. The van der Waals surface area contributed by atoms with E-state index < -0.39 is 11.7 Å². The van der Waals surface area contributed by atoms with E-state index in [4.69, 9.17) is 11.6 Å². The standard InChI is InChI=1S/C16H10ClFN2O/c17-12-5-3-7-14(15(12)18)20-16(21)11-8-9-19-13-6-2-1-4-10(11)13/h1-9H,(H,20,21). The Balaban J connectivity index is 2.00. The zero-order chi connectivity index (χ0) is 14.8. The van der Waals surface area contributed by atoms with Gasteiger partial charge < -0.3 is 5.32 Å². The summed E-state index contributed by atoms with van der Waals surface area (Å²) in [7, 11) is 0. The molecule has 1 heterocycles. The largest absolute Gasteiger partial charge is 0.319 e. The summed E-state index contributed by atoms with van der Waals surface area (Å²) in [5.41, 5.74) is 1.19. The molecule has 0 fully saturated rings. The molecular weight excluding hydrogens is 291 g/mol. The SMILES string of the molecule is O=C(Nc1cccc(Cl)c1F)c1ccnc2ccccc12. The molecule has 3 aromatic rings. The molecule has 1 N–H and O–H groups in total. The molecule has 0 spiro atoms. The molecule has 3 nitrogen and oxygen atoms in total. The van der Waals surface area contributed by atoms with Crippen molar-refractivity contribution in [3.8, 4) is 0 Å². The molecule has 3 rings (SSSR count). The van der Waals surface area contributed by atoms with Gasteiger partial charge in [0, 0.05) is 11.6 Å². The van der Waals surface area contributed by atoms with Crippen LogP contribution in [0.1, 0.15) is 10.4 Å². The first-order valence-electron chi connectivity index (χ1n) is 6.26. The number of anilines is 1. The fourth-order valence-electron chi connectivity index (χ4n) is 2.08. The van der Waals surface area contributed by atoms with Crippen LogP contribution in [0.5, 0.6) is 0 Å². The van der Waals surface area contributed by atoms with E-state index in [-0.39, 0.29) is 10.7 Å². The number of aromatic nitrogens is 1. The number of hydrogen-bond donors (Lipinski definition) is 1. The van der Waals surface area contributed by atoms with Crippen molar-refractivity contribution in [2.45, 2.75) is 0 Å². The van der Waals surface area contributed by atoms with Crippen molar-refractivity contribution >= 4 is 34.1 Å². The average Bonchev–Trinajstić information content (AvgIpc) is 2.51. The van der Waals surface area contributed by atoms with E-state index in [0.717, 1.165) is 0 Å². The molecule has 0 aliphatic heterocycles. The normalized spacial score (nSPS) is 10.6. The van der Waals surface area contributed by atoms with Crippen LogP contribution >= 0.6 is 11.6 Å². The number of fused-ring (bicyclic) bond motifs is 1. The number of benzene rings is 2. The second kappa shape index (κ2) is 5.50. The van der Waals surface area contributed by atoms with Gasteiger partial charge in [0.1, 0.15) is 0 Å². The summed E-state index contributed by atoms with van der Waals surface area (Å²) in [5.74, 6) is -1.05. The van der Waals surface area contributed by atoms with Gasteiger partial charge in [-0.1, -0.05) is 35.9 Å². The minimum atomic E-state index is -0.647. The zero-order valence-electron chi connectivity index (χ0n) is 10.8. The lowest BCUT2D eigenvalue weighted by molar-refractivity contribution is 0.102. The lowest BCUT2D eigenvalue weighted by Gasteiger charge is -2.09. The van der Waals surface area contributed by atoms with Crippen LogP contribution in [0, 0.1) is 5.82 Å². The van der Waals surface area contributed by atoms with Gasteiger partial charge in [0.05, 0.1) is 21.8 Å². The third-order valence-electron chi connectivity index (χ3n) is 3.09. The van der Waals surface area contributed by atoms with Gasteiger partial charge in [0.2, 0.25) is 0 Å². The summed E-state index contributed by atoms with van der Waals surface area (Å²) in [6.45, 7) is 0. The molecule has 0 aliphatic rings. The average molecular weight is 301 g/mol. The summed E-state index contributed by atoms with van der Waals surface area (Å²) in [4.78, 5) is 16.5. The molecule has 0 saturated carbocycles. The Morgan fingerprint density at radius 1 is 1.10 bits per heavy atom. The predicted octanol–water partition coefficient (Wildman–Crippen LogP) is 4.28. The minimum Gasteiger partial charge on any atom is -0.319 e. The van der Waals surface area contributed by atoms with Crippen molar-refractivity contribution < 1.29 is 9.18 Å². The maximum atomic E-state index is 13.8. The van der Waals surface area contributed by atoms with Crippen molar-refractivity contribution in [3.05, 3.63) is 71.1 Å². The molecule has 0 aliphatic carbocycles. The Labute approximate surface area is 125 Å². The highest BCUT2D eigenvalue weighted by molar-refractivity contribution is 6.31. The molecule has 0 atom stereocenters. The molecular formula is C16H10ClFN2O. The van der Waals surface area contributed by atoms with E-state index in [0.29, 0.717) is 16.5 Å². The second-order valence-corrected chi connectivity index (χ2v) is 4.84. The quantitative estimate of drug-likeness (QED) is 0.767. The fraction of sp³-hybridized carbons (Fsp3) is 0. The molecule has 21 heavy (non-hydrogen) atoms. The van der Waals surface area contributed by atoms with Gasteiger partial charge >= 0.3 is 0 Å². The second-order valence-electron chi connectivity index (χ2n) is 4.43. The molecule has 0 radical (unpaired) electrons. The van der Waals surface area contributed by atoms with Crippen molar-refractivity contribution in [2.24, 2.45) is 0 Å². The number of nitrogens with one attached hydrogen (secondary N) is 1. The van der Waals surface area contributed by atoms with Gasteiger partial charge in [-0.3, -0.25) is 9.78 Å². The fourth-order valence-corrected chi connectivity index (χ4v) is 2.26. The molecule has 0 saturated heterocycles. The third-order valence-corrected chi connectivity index (χ3v) is 3.39. The first-order valence-corrected chi connectivity index (χ1v) is 6.64. The van der Waals surface area contributed by atoms with Crippen molar-refractivity contribution in [2.75, 3.05) is 5.32 Å². The van der Waals surface area contributed by atoms with E-state index in [1.165, 1.54) is 12.1 Å². The minimum absolute atomic E-state index is 0.0348. The molecule has 0 bridgehead atoms. The molecule has 2 aromatic carbocycles. The Kier molecular flexibility index (Phi) is 3.54. The van der Waals surface area contributed by atoms with E-state index >= 15 is 0 Å². The number of rotatable bonds is 2. The molecule has 0 unspecified atom stereocenters. The Morgan fingerprint density at radius 3 is 2.76 bits per heavy atom. The van der Waals surface area contributed by atoms with Crippen LogP contribution in [0.3, 0.4) is 0 Å². The topological polar surface area (TPSA) is 42.0 Å². The maximum Gasteiger partial charge on any atom is 0.256 e. The lowest BCUT2D eigenvalue weighted by Crippen LogP contribution is -2.13. The van der Waals surface area contributed by atoms with Crippen LogP contribution in [-0.4, -0.2) is 10.9 Å². The Morgan fingerprint density at radius 2 is 1.90 bits per heavy atom. The summed E-state index contributed by atoms with van der Waals surface area (Å²) in [5, 5.41) is 3.21. The van der Waals surface area contributed by atoms with Gasteiger partial charge in [-0.15, -0.1) is 0 Å². The van der Waals surface area contributed by atoms with Gasteiger partial charge in [0.25, 0.3) is 5.91 Å². The number of para-hydroxylation sites is 1. The van der Waals surface area contributed by atoms with Crippen LogP contribution < -0.4 is 5.32 Å². The van der Waals surface area contributed by atoms with Gasteiger partial charge in [-0.05, 0) is 24.3 Å². The first-order chi connectivity index (χ1) is 10.2. The third kappa shape index (κ3) is 2.58. The van der Waals surface area contributed by atoms with Crippen LogP contribution in [0.15, 0.2) is 54.7 Å². The number of nitrogens with zero attached hydrogens (tertiary/aromatic N) is 1. The highest BCUT2D eigenvalue weighted by Crippen LogP contribution is 2.23. The highest BCUT2D eigenvalue weighted by atomic mass is 35.5. The number of amides is 1. The summed E-state index contributed by atoms with van der Waals surface area (Å²) < 4.78 is 13.8.